The largest absolute Gasteiger partial charge is 0.465 e. The topological polar surface area (TPSA) is 46.6 Å². The van der Waals surface area contributed by atoms with Crippen molar-refractivity contribution in [3.8, 4) is 0 Å². The zero-order chi connectivity index (χ0) is 15.3. The molecule has 0 aromatic carbocycles. The molecule has 1 rings (SSSR count). The highest BCUT2D eigenvalue weighted by Gasteiger charge is 2.42. The Morgan fingerprint density at radius 2 is 1.75 bits per heavy atom. The lowest BCUT2D eigenvalue weighted by Crippen LogP contribution is -2.49. The minimum absolute atomic E-state index is 0.0645. The van der Waals surface area contributed by atoms with Crippen LogP contribution in [0, 0.1) is 11.3 Å². The van der Waals surface area contributed by atoms with Gasteiger partial charge in [-0.25, -0.2) is 0 Å². The molecule has 4 nitrogen and oxygen atoms in total. The second-order valence-corrected chi connectivity index (χ2v) is 6.61. The summed E-state index contributed by atoms with van der Waals surface area (Å²) in [4.78, 5) is 26.9. The second kappa shape index (κ2) is 7.09. The molecule has 0 radical (unpaired) electrons. The van der Waals surface area contributed by atoms with E-state index in [4.69, 9.17) is 4.74 Å². The molecule has 1 atom stereocenters. The van der Waals surface area contributed by atoms with Crippen molar-refractivity contribution in [2.45, 2.75) is 66.3 Å². The molecule has 1 amide bonds. The van der Waals surface area contributed by atoms with Crippen molar-refractivity contribution in [3.05, 3.63) is 0 Å². The van der Waals surface area contributed by atoms with Gasteiger partial charge < -0.3 is 9.64 Å². The summed E-state index contributed by atoms with van der Waals surface area (Å²) < 4.78 is 5.12. The Labute approximate surface area is 122 Å². The van der Waals surface area contributed by atoms with Gasteiger partial charge in [0.25, 0.3) is 0 Å². The zero-order valence-corrected chi connectivity index (χ0v) is 13.6. The molecule has 1 fully saturated rings. The number of amides is 1. The summed E-state index contributed by atoms with van der Waals surface area (Å²) in [5, 5.41) is 0. The fraction of sp³-hybridized carbons (Fsp3) is 0.875. The van der Waals surface area contributed by atoms with Gasteiger partial charge in [0, 0.05) is 12.6 Å². The Balaban J connectivity index is 2.93. The second-order valence-electron chi connectivity index (χ2n) is 6.61. The third-order valence-electron chi connectivity index (χ3n) is 4.02. The van der Waals surface area contributed by atoms with Crippen LogP contribution in [0.25, 0.3) is 0 Å². The van der Waals surface area contributed by atoms with Gasteiger partial charge in [-0.3, -0.25) is 9.59 Å². The van der Waals surface area contributed by atoms with Crippen LogP contribution in [0.4, 0.5) is 0 Å². The van der Waals surface area contributed by atoms with E-state index in [0.717, 1.165) is 12.8 Å². The molecule has 1 unspecified atom stereocenters. The summed E-state index contributed by atoms with van der Waals surface area (Å²) in [6, 6.07) is 0.298. The molecular formula is C16H29NO3. The van der Waals surface area contributed by atoms with Crippen LogP contribution in [0.2, 0.25) is 0 Å². The normalized spacial score (nSPS) is 17.9. The van der Waals surface area contributed by atoms with Crippen molar-refractivity contribution < 1.29 is 14.3 Å². The number of esters is 1. The van der Waals surface area contributed by atoms with Gasteiger partial charge in [0.15, 0.2) is 0 Å². The Morgan fingerprint density at radius 1 is 1.20 bits per heavy atom. The molecule has 0 spiro atoms. The average molecular weight is 283 g/mol. The number of hydrogen-bond acceptors (Lipinski definition) is 3. The van der Waals surface area contributed by atoms with E-state index in [0.29, 0.717) is 19.2 Å². The lowest BCUT2D eigenvalue weighted by atomic mass is 9.79. The Morgan fingerprint density at radius 3 is 2.15 bits per heavy atom. The van der Waals surface area contributed by atoms with Crippen LogP contribution < -0.4 is 0 Å². The molecule has 0 aromatic heterocycles. The molecule has 1 saturated carbocycles. The van der Waals surface area contributed by atoms with Crippen LogP contribution in [0.15, 0.2) is 0 Å². The van der Waals surface area contributed by atoms with E-state index in [-0.39, 0.29) is 11.9 Å². The highest BCUT2D eigenvalue weighted by atomic mass is 16.5. The number of hydrogen-bond donors (Lipinski definition) is 0. The van der Waals surface area contributed by atoms with Crippen LogP contribution in [0.3, 0.4) is 0 Å². The van der Waals surface area contributed by atoms with Gasteiger partial charge in [-0.05, 0) is 32.1 Å². The minimum Gasteiger partial charge on any atom is -0.465 e. The molecule has 116 valence electrons. The van der Waals surface area contributed by atoms with Gasteiger partial charge in [-0.2, -0.15) is 0 Å². The van der Waals surface area contributed by atoms with Crippen molar-refractivity contribution in [3.63, 3.8) is 0 Å². The van der Waals surface area contributed by atoms with Crippen LogP contribution in [-0.4, -0.2) is 36.0 Å². The fourth-order valence-corrected chi connectivity index (χ4v) is 3.03. The molecular weight excluding hydrogens is 254 g/mol. The van der Waals surface area contributed by atoms with Gasteiger partial charge in [0.2, 0.25) is 5.91 Å². The lowest BCUT2D eigenvalue weighted by Gasteiger charge is -2.35. The lowest BCUT2D eigenvalue weighted by molar-refractivity contribution is -0.161. The van der Waals surface area contributed by atoms with Crippen LogP contribution in [0.1, 0.15) is 60.3 Å². The highest BCUT2D eigenvalue weighted by molar-refractivity contribution is 5.98. The average Bonchev–Trinajstić information content (AvgIpc) is 2.82. The summed E-state index contributed by atoms with van der Waals surface area (Å²) in [6.07, 6.45) is 4.46. The van der Waals surface area contributed by atoms with Crippen molar-refractivity contribution >= 4 is 11.9 Å². The molecule has 0 bridgehead atoms. The maximum Gasteiger partial charge on any atom is 0.319 e. The predicted molar refractivity (Wildman–Crippen MR) is 79.2 cm³/mol. The van der Waals surface area contributed by atoms with Crippen LogP contribution >= 0.6 is 0 Å². The standard InChI is InChI=1S/C16H29NO3/c1-6-17(12-10-8-9-11-12)14(18)13(16(3,4)5)15(19)20-7-2/h12-13H,6-11H2,1-5H3. The van der Waals surface area contributed by atoms with Crippen LogP contribution in [-0.2, 0) is 14.3 Å². The van der Waals surface area contributed by atoms with Crippen LogP contribution in [0.5, 0.6) is 0 Å². The molecule has 1 aliphatic rings. The maximum absolute atomic E-state index is 12.8. The monoisotopic (exact) mass is 283 g/mol. The van der Waals surface area contributed by atoms with Gasteiger partial charge in [0.1, 0.15) is 5.92 Å². The molecule has 4 heteroatoms. The first-order valence-corrected chi connectivity index (χ1v) is 7.80. The molecule has 20 heavy (non-hydrogen) atoms. The summed E-state index contributed by atoms with van der Waals surface area (Å²) >= 11 is 0. The summed E-state index contributed by atoms with van der Waals surface area (Å²) in [5.41, 5.74) is -0.421. The molecule has 0 N–H and O–H groups in total. The quantitative estimate of drug-likeness (QED) is 0.575. The number of carbonyl (C=O) groups is 2. The van der Waals surface area contributed by atoms with Gasteiger partial charge in [0.05, 0.1) is 6.61 Å². The smallest absolute Gasteiger partial charge is 0.319 e. The summed E-state index contributed by atoms with van der Waals surface area (Å²) in [6.45, 7) is 10.5. The number of ether oxygens (including phenoxy) is 1. The van der Waals surface area contributed by atoms with Gasteiger partial charge in [-0.15, -0.1) is 0 Å². The summed E-state index contributed by atoms with van der Waals surface area (Å²) in [5.74, 6) is -1.16. The minimum atomic E-state index is -0.706. The van der Waals surface area contributed by atoms with Crippen molar-refractivity contribution in [2.75, 3.05) is 13.2 Å². The first-order chi connectivity index (χ1) is 9.32. The van der Waals surface area contributed by atoms with E-state index >= 15 is 0 Å². The maximum atomic E-state index is 12.8. The number of rotatable bonds is 5. The van der Waals surface area contributed by atoms with Crippen molar-refractivity contribution in [2.24, 2.45) is 11.3 Å². The van der Waals surface area contributed by atoms with E-state index in [1.165, 1.54) is 12.8 Å². The predicted octanol–water partition coefficient (Wildman–Crippen LogP) is 3.00. The Kier molecular flexibility index (Phi) is 6.03. The highest BCUT2D eigenvalue weighted by Crippen LogP contribution is 2.32. The van der Waals surface area contributed by atoms with E-state index in [2.05, 4.69) is 0 Å². The van der Waals surface area contributed by atoms with E-state index in [1.54, 1.807) is 6.92 Å². The van der Waals surface area contributed by atoms with E-state index in [1.807, 2.05) is 32.6 Å². The van der Waals surface area contributed by atoms with Crippen molar-refractivity contribution in [1.82, 2.24) is 4.90 Å². The summed E-state index contributed by atoms with van der Waals surface area (Å²) in [7, 11) is 0. The molecule has 0 heterocycles. The molecule has 0 aromatic rings. The molecule has 0 aliphatic heterocycles. The Hall–Kier alpha value is -1.06. The Bertz CT molecular complexity index is 340. The van der Waals surface area contributed by atoms with Crippen molar-refractivity contribution in [1.29, 1.82) is 0 Å². The third-order valence-corrected chi connectivity index (χ3v) is 4.02. The molecule has 1 aliphatic carbocycles. The number of nitrogens with zero attached hydrogens (tertiary/aromatic N) is 1. The van der Waals surface area contributed by atoms with Gasteiger partial charge >= 0.3 is 5.97 Å². The number of carbonyl (C=O) groups excluding carboxylic acids is 2. The zero-order valence-electron chi connectivity index (χ0n) is 13.6. The third kappa shape index (κ3) is 3.97. The first kappa shape index (κ1) is 17.0. The fourth-order valence-electron chi connectivity index (χ4n) is 3.03. The SMILES string of the molecule is CCOC(=O)C(C(=O)N(CC)C1CCCC1)C(C)(C)C. The van der Waals surface area contributed by atoms with Gasteiger partial charge in [-0.1, -0.05) is 33.6 Å². The molecule has 0 saturated heterocycles. The first-order valence-electron chi connectivity index (χ1n) is 7.80. The van der Waals surface area contributed by atoms with E-state index < -0.39 is 11.3 Å². The van der Waals surface area contributed by atoms with E-state index in [9.17, 15) is 9.59 Å².